The number of imidazole rings is 1. The third-order valence-corrected chi connectivity index (χ3v) is 2.73. The van der Waals surface area contributed by atoms with Crippen molar-refractivity contribution in [2.24, 2.45) is 0 Å². The first-order chi connectivity index (χ1) is 8.17. The van der Waals surface area contributed by atoms with Gasteiger partial charge >= 0.3 is 0 Å². The van der Waals surface area contributed by atoms with Gasteiger partial charge in [0.25, 0.3) is 0 Å². The minimum atomic E-state index is 0.265. The molecule has 0 bridgehead atoms. The van der Waals surface area contributed by atoms with Gasteiger partial charge in [0.05, 0.1) is 24.2 Å². The lowest BCUT2D eigenvalue weighted by atomic mass is 10.1. The number of hydrogen-bond acceptors (Lipinski definition) is 3. The number of H-pyrrole nitrogens is 1. The van der Waals surface area contributed by atoms with Gasteiger partial charge in [-0.1, -0.05) is 23.2 Å². The topological polar surface area (TPSA) is 61.7 Å². The molecule has 0 aliphatic carbocycles. The van der Waals surface area contributed by atoms with Crippen molar-refractivity contribution < 1.29 is 4.74 Å². The Labute approximate surface area is 108 Å². The number of ether oxygens (including phenoxy) is 1. The number of nitriles is 1. The molecule has 17 heavy (non-hydrogen) atoms. The Morgan fingerprint density at radius 3 is 2.82 bits per heavy atom. The maximum absolute atomic E-state index is 8.93. The molecule has 1 heterocycles. The van der Waals surface area contributed by atoms with Crippen molar-refractivity contribution in [2.75, 3.05) is 7.11 Å². The molecular formula is C11H7Cl2N3O. The molecule has 0 saturated carbocycles. The van der Waals surface area contributed by atoms with Crippen molar-refractivity contribution in [1.82, 2.24) is 9.97 Å². The summed E-state index contributed by atoms with van der Waals surface area (Å²) in [6.45, 7) is 0. The third kappa shape index (κ3) is 2.07. The molecule has 6 heteroatoms. The van der Waals surface area contributed by atoms with Crippen LogP contribution in [0.4, 0.5) is 0 Å². The highest BCUT2D eigenvalue weighted by molar-refractivity contribution is 6.36. The van der Waals surface area contributed by atoms with Crippen molar-refractivity contribution in [3.05, 3.63) is 34.2 Å². The van der Waals surface area contributed by atoms with E-state index in [9.17, 15) is 0 Å². The highest BCUT2D eigenvalue weighted by Crippen LogP contribution is 2.38. The van der Waals surface area contributed by atoms with Gasteiger partial charge in [-0.05, 0) is 12.1 Å². The predicted molar refractivity (Wildman–Crippen MR) is 65.3 cm³/mol. The molecule has 0 radical (unpaired) electrons. The minimum Gasteiger partial charge on any atom is -0.494 e. The number of aromatic amines is 1. The van der Waals surface area contributed by atoms with Crippen molar-refractivity contribution >= 4 is 23.2 Å². The van der Waals surface area contributed by atoms with Gasteiger partial charge in [-0.2, -0.15) is 5.26 Å². The summed E-state index contributed by atoms with van der Waals surface area (Å²) in [5.41, 5.74) is 1.41. The number of nitrogens with one attached hydrogen (secondary N) is 1. The Kier molecular flexibility index (Phi) is 3.23. The lowest BCUT2D eigenvalue weighted by Crippen LogP contribution is -1.91. The predicted octanol–water partition coefficient (Wildman–Crippen LogP) is 3.26. The summed E-state index contributed by atoms with van der Waals surface area (Å²) in [4.78, 5) is 6.76. The molecular weight excluding hydrogens is 261 g/mol. The number of benzene rings is 1. The SMILES string of the molecule is COc1c(Cl)cc(Cl)cc1-c1[nH]cnc1C#N. The maximum atomic E-state index is 8.93. The molecule has 0 fully saturated rings. The van der Waals surface area contributed by atoms with E-state index < -0.39 is 0 Å². The summed E-state index contributed by atoms with van der Waals surface area (Å²) in [5.74, 6) is 0.455. The number of methoxy groups -OCH3 is 1. The lowest BCUT2D eigenvalue weighted by molar-refractivity contribution is 0.416. The minimum absolute atomic E-state index is 0.265. The van der Waals surface area contributed by atoms with Crippen LogP contribution in [0.25, 0.3) is 11.3 Å². The van der Waals surface area contributed by atoms with Crippen molar-refractivity contribution in [2.45, 2.75) is 0 Å². The van der Waals surface area contributed by atoms with Gasteiger partial charge in [0.2, 0.25) is 0 Å². The van der Waals surface area contributed by atoms with Crippen LogP contribution in [0.5, 0.6) is 5.75 Å². The second-order valence-corrected chi connectivity index (χ2v) is 4.05. The molecule has 4 nitrogen and oxygen atoms in total. The van der Waals surface area contributed by atoms with Crippen LogP contribution in [0.1, 0.15) is 5.69 Å². The Hall–Kier alpha value is -1.70. The van der Waals surface area contributed by atoms with E-state index in [0.717, 1.165) is 0 Å². The second-order valence-electron chi connectivity index (χ2n) is 3.21. The third-order valence-electron chi connectivity index (χ3n) is 2.23. The average molecular weight is 268 g/mol. The van der Waals surface area contributed by atoms with Crippen LogP contribution in [-0.2, 0) is 0 Å². The van der Waals surface area contributed by atoms with E-state index in [1.807, 2.05) is 6.07 Å². The van der Waals surface area contributed by atoms with Crippen LogP contribution in [0.15, 0.2) is 18.5 Å². The molecule has 0 aliphatic rings. The van der Waals surface area contributed by atoms with Crippen molar-refractivity contribution in [3.63, 3.8) is 0 Å². The van der Waals surface area contributed by atoms with E-state index in [4.69, 9.17) is 33.2 Å². The second kappa shape index (κ2) is 4.66. The number of hydrogen-bond donors (Lipinski definition) is 1. The van der Waals surface area contributed by atoms with Crippen LogP contribution < -0.4 is 4.74 Å². The maximum Gasteiger partial charge on any atom is 0.166 e. The van der Waals surface area contributed by atoms with Crippen LogP contribution in [0, 0.1) is 11.3 Å². The Bertz CT molecular complexity index is 601. The van der Waals surface area contributed by atoms with Gasteiger partial charge in [0, 0.05) is 10.6 Å². The number of halogens is 2. The monoisotopic (exact) mass is 267 g/mol. The molecule has 0 atom stereocenters. The van der Waals surface area contributed by atoms with Gasteiger partial charge in [-0.15, -0.1) is 0 Å². The zero-order chi connectivity index (χ0) is 12.4. The highest BCUT2D eigenvalue weighted by atomic mass is 35.5. The number of rotatable bonds is 2. The quantitative estimate of drug-likeness (QED) is 0.909. The van der Waals surface area contributed by atoms with Crippen LogP contribution >= 0.6 is 23.2 Å². The van der Waals surface area contributed by atoms with Crippen LogP contribution in [0.2, 0.25) is 10.0 Å². The summed E-state index contributed by atoms with van der Waals surface area (Å²) >= 11 is 12.0. The Morgan fingerprint density at radius 1 is 1.41 bits per heavy atom. The molecule has 0 amide bonds. The molecule has 0 aliphatic heterocycles. The summed E-state index contributed by atoms with van der Waals surface area (Å²) < 4.78 is 5.21. The summed E-state index contributed by atoms with van der Waals surface area (Å²) in [6, 6.07) is 5.22. The van der Waals surface area contributed by atoms with E-state index in [-0.39, 0.29) is 5.69 Å². The smallest absolute Gasteiger partial charge is 0.166 e. The number of aromatic nitrogens is 2. The van der Waals surface area contributed by atoms with Crippen LogP contribution in [-0.4, -0.2) is 17.1 Å². The normalized spacial score (nSPS) is 10.0. The Morgan fingerprint density at radius 2 is 2.18 bits per heavy atom. The molecule has 1 N–H and O–H groups in total. The molecule has 1 aromatic heterocycles. The lowest BCUT2D eigenvalue weighted by Gasteiger charge is -2.09. The van der Waals surface area contributed by atoms with Crippen LogP contribution in [0.3, 0.4) is 0 Å². The molecule has 0 spiro atoms. The van der Waals surface area contributed by atoms with E-state index in [2.05, 4.69) is 9.97 Å². The fourth-order valence-electron chi connectivity index (χ4n) is 1.54. The van der Waals surface area contributed by atoms with E-state index >= 15 is 0 Å². The summed E-state index contributed by atoms with van der Waals surface area (Å²) in [6.07, 6.45) is 1.43. The molecule has 2 aromatic rings. The summed E-state index contributed by atoms with van der Waals surface area (Å²) in [7, 11) is 1.50. The molecule has 1 aromatic carbocycles. The zero-order valence-corrected chi connectivity index (χ0v) is 10.3. The average Bonchev–Trinajstić information content (AvgIpc) is 2.75. The van der Waals surface area contributed by atoms with Gasteiger partial charge in [-0.25, -0.2) is 4.98 Å². The fraction of sp³-hybridized carbons (Fsp3) is 0.0909. The van der Waals surface area contributed by atoms with Crippen molar-refractivity contribution in [1.29, 1.82) is 5.26 Å². The Balaban J connectivity index is 2.71. The highest BCUT2D eigenvalue weighted by Gasteiger charge is 2.16. The molecule has 0 unspecified atom stereocenters. The number of nitrogens with zero attached hydrogens (tertiary/aromatic N) is 2. The first-order valence-corrected chi connectivity index (χ1v) is 5.40. The largest absolute Gasteiger partial charge is 0.494 e. The zero-order valence-electron chi connectivity index (χ0n) is 8.79. The van der Waals surface area contributed by atoms with Gasteiger partial charge < -0.3 is 9.72 Å². The van der Waals surface area contributed by atoms with E-state index in [1.54, 1.807) is 12.1 Å². The molecule has 2 rings (SSSR count). The van der Waals surface area contributed by atoms with Crippen molar-refractivity contribution in [3.8, 4) is 23.1 Å². The molecule has 0 saturated heterocycles. The molecule has 86 valence electrons. The van der Waals surface area contributed by atoms with E-state index in [1.165, 1.54) is 13.4 Å². The van der Waals surface area contributed by atoms with Gasteiger partial charge in [0.15, 0.2) is 5.69 Å². The van der Waals surface area contributed by atoms with E-state index in [0.29, 0.717) is 27.1 Å². The van der Waals surface area contributed by atoms with Gasteiger partial charge in [0.1, 0.15) is 11.8 Å². The fourth-order valence-corrected chi connectivity index (χ4v) is 2.11. The van der Waals surface area contributed by atoms with Gasteiger partial charge in [-0.3, -0.25) is 0 Å². The first kappa shape index (κ1) is 11.8. The summed E-state index contributed by atoms with van der Waals surface area (Å²) in [5, 5.41) is 9.78. The first-order valence-electron chi connectivity index (χ1n) is 4.64. The standard InChI is InChI=1S/C11H7Cl2N3O/c1-17-11-7(2-6(12)3-8(11)13)10-9(4-14)15-5-16-10/h2-3,5H,1H3,(H,15,16).